The van der Waals surface area contributed by atoms with Crippen LogP contribution >= 0.6 is 11.8 Å². The van der Waals surface area contributed by atoms with Gasteiger partial charge in [-0.2, -0.15) is 5.10 Å². The molecule has 1 saturated heterocycles. The molecular weight excluding hydrogens is 585 g/mol. The summed E-state index contributed by atoms with van der Waals surface area (Å²) in [4.78, 5) is 36.1. The number of carboxylic acids is 1. The van der Waals surface area contributed by atoms with E-state index in [0.717, 1.165) is 67.2 Å². The number of aromatic carboxylic acids is 1. The van der Waals surface area contributed by atoms with Gasteiger partial charge in [0, 0.05) is 58.1 Å². The Morgan fingerprint density at radius 3 is 2.53 bits per heavy atom. The first-order chi connectivity index (χ1) is 20.5. The van der Waals surface area contributed by atoms with E-state index in [1.165, 1.54) is 0 Å². The highest BCUT2D eigenvalue weighted by Crippen LogP contribution is 2.34. The summed E-state index contributed by atoms with van der Waals surface area (Å²) in [6, 6.07) is 6.11. The smallest absolute Gasteiger partial charge is 0.335 e. The van der Waals surface area contributed by atoms with Gasteiger partial charge in [0.15, 0.2) is 0 Å². The fourth-order valence-corrected chi connectivity index (χ4v) is 6.93. The van der Waals surface area contributed by atoms with E-state index in [0.29, 0.717) is 36.9 Å². The number of ether oxygens (including phenoxy) is 2. The lowest BCUT2D eigenvalue weighted by atomic mass is 10.2. The average molecular weight is 631 g/mol. The Bertz CT molecular complexity index is 1410. The second-order valence-corrected chi connectivity index (χ2v) is 18.8. The molecule has 11 nitrogen and oxygen atoms in total. The minimum Gasteiger partial charge on any atom is -0.478 e. The molecule has 43 heavy (non-hydrogen) atoms. The zero-order valence-electron chi connectivity index (χ0n) is 26.4. The molecule has 0 spiro atoms. The van der Waals surface area contributed by atoms with Crippen LogP contribution in [0, 0.1) is 6.92 Å². The average Bonchev–Trinajstić information content (AvgIpc) is 3.53. The molecule has 1 fully saturated rings. The van der Waals surface area contributed by atoms with Gasteiger partial charge in [0.2, 0.25) is 5.95 Å². The van der Waals surface area contributed by atoms with Crippen LogP contribution in [0.4, 0.5) is 5.95 Å². The third-order valence-electron chi connectivity index (χ3n) is 7.37. The molecule has 0 aliphatic carbocycles. The van der Waals surface area contributed by atoms with E-state index >= 15 is 0 Å². The maximum absolute atomic E-state index is 14.2. The lowest BCUT2D eigenvalue weighted by molar-refractivity contribution is 0.0410. The summed E-state index contributed by atoms with van der Waals surface area (Å²) < 4.78 is 15.4. The quantitative estimate of drug-likeness (QED) is 0.107. The molecule has 236 valence electrons. The van der Waals surface area contributed by atoms with Crippen molar-refractivity contribution in [2.45, 2.75) is 70.9 Å². The second kappa shape index (κ2) is 14.8. The van der Waals surface area contributed by atoms with E-state index in [9.17, 15) is 14.7 Å². The molecule has 3 aromatic rings. The van der Waals surface area contributed by atoms with Gasteiger partial charge in [-0.25, -0.2) is 9.78 Å². The van der Waals surface area contributed by atoms with Gasteiger partial charge in [-0.3, -0.25) is 19.3 Å². The predicted octanol–water partition coefficient (Wildman–Crippen LogP) is 5.05. The van der Waals surface area contributed by atoms with E-state index in [2.05, 4.69) is 41.1 Å². The van der Waals surface area contributed by atoms with Gasteiger partial charge in [-0.1, -0.05) is 26.6 Å². The number of fused-ring (bicyclic) bond motifs is 1. The Kier molecular flexibility index (Phi) is 11.5. The monoisotopic (exact) mass is 630 g/mol. The number of benzene rings is 1. The molecule has 0 atom stereocenters. The molecule has 1 aliphatic rings. The lowest BCUT2D eigenvalue weighted by Crippen LogP contribution is -2.37. The van der Waals surface area contributed by atoms with Gasteiger partial charge in [0.25, 0.3) is 5.91 Å². The number of hydrogen-bond acceptors (Lipinski definition) is 8. The maximum atomic E-state index is 14.2. The number of rotatable bonds is 15. The van der Waals surface area contributed by atoms with Crippen LogP contribution in [-0.4, -0.2) is 101 Å². The number of carbonyl (C=O) groups is 2. The van der Waals surface area contributed by atoms with Crippen molar-refractivity contribution in [2.24, 2.45) is 0 Å². The molecule has 1 aromatic carbocycles. The number of aromatic nitrogens is 4. The van der Waals surface area contributed by atoms with Crippen LogP contribution in [0.2, 0.25) is 25.7 Å². The molecule has 3 heterocycles. The minimum atomic E-state index is -1.34. The predicted molar refractivity (Wildman–Crippen MR) is 173 cm³/mol. The Balaban J connectivity index is 1.76. The molecule has 4 rings (SSSR count). The zero-order valence-corrected chi connectivity index (χ0v) is 28.2. The minimum absolute atomic E-state index is 0.0373. The summed E-state index contributed by atoms with van der Waals surface area (Å²) in [6.45, 7) is 18.7. The van der Waals surface area contributed by atoms with E-state index < -0.39 is 14.0 Å². The van der Waals surface area contributed by atoms with Crippen LogP contribution in [0.5, 0.6) is 0 Å². The molecular formula is C30H46N6O5SSi. The Morgan fingerprint density at radius 2 is 1.88 bits per heavy atom. The zero-order chi connectivity index (χ0) is 31.1. The normalized spacial score (nSPS) is 14.5. The van der Waals surface area contributed by atoms with Crippen LogP contribution in [0.1, 0.15) is 46.8 Å². The summed E-state index contributed by atoms with van der Waals surface area (Å²) in [6.07, 6.45) is 0.807. The first-order valence-corrected chi connectivity index (χ1v) is 19.9. The SMILES string of the molecule is CCCn1c(N(COCC[Si](C)(C)C)C(=O)c2cc(C)nn2CC)nc2cc(C(=O)O)cc(SCCN3CCOCC3)c21. The highest BCUT2D eigenvalue weighted by atomic mass is 32.2. The number of nitrogens with zero attached hydrogens (tertiary/aromatic N) is 6. The van der Waals surface area contributed by atoms with E-state index in [1.54, 1.807) is 39.5 Å². The van der Waals surface area contributed by atoms with Crippen LogP contribution < -0.4 is 4.90 Å². The van der Waals surface area contributed by atoms with E-state index in [-0.39, 0.29) is 18.2 Å². The van der Waals surface area contributed by atoms with Crippen LogP contribution in [-0.2, 0) is 22.6 Å². The molecule has 2 aromatic heterocycles. The maximum Gasteiger partial charge on any atom is 0.335 e. The van der Waals surface area contributed by atoms with Gasteiger partial charge in [-0.15, -0.1) is 11.8 Å². The number of carbonyl (C=O) groups excluding carboxylic acids is 1. The van der Waals surface area contributed by atoms with Crippen LogP contribution in [0.25, 0.3) is 11.0 Å². The van der Waals surface area contributed by atoms with E-state index in [4.69, 9.17) is 14.5 Å². The van der Waals surface area contributed by atoms with Crippen molar-refractivity contribution in [2.75, 3.05) is 56.8 Å². The topological polar surface area (TPSA) is 115 Å². The number of hydrogen-bond donors (Lipinski definition) is 1. The van der Waals surface area contributed by atoms with Crippen molar-refractivity contribution >= 4 is 48.7 Å². The standard InChI is InChI=1S/C30H46N6O5SSi/c1-7-9-34-27-24(19-23(29(38)39)20-26(27)42-16-12-33-10-13-40-14-11-33)31-30(34)35(21-41-15-17-43(4,5)6)28(37)25-18-22(3)32-36(25)8-2/h18-20H,7-17,21H2,1-6H3,(H,38,39). The van der Waals surface area contributed by atoms with Gasteiger partial charge in [0.05, 0.1) is 35.5 Å². The number of aryl methyl sites for hydroxylation is 3. The Hall–Kier alpha value is -2.71. The highest BCUT2D eigenvalue weighted by Gasteiger charge is 2.29. The first-order valence-electron chi connectivity index (χ1n) is 15.2. The second-order valence-electron chi connectivity index (χ2n) is 12.1. The highest BCUT2D eigenvalue weighted by molar-refractivity contribution is 7.99. The van der Waals surface area contributed by atoms with Crippen molar-refractivity contribution in [3.05, 3.63) is 35.2 Å². The lowest BCUT2D eigenvalue weighted by Gasteiger charge is -2.26. The first kappa shape index (κ1) is 33.2. The fraction of sp³-hybridized carbons (Fsp3) is 0.600. The summed E-state index contributed by atoms with van der Waals surface area (Å²) in [5, 5.41) is 14.4. The summed E-state index contributed by atoms with van der Waals surface area (Å²) >= 11 is 1.63. The number of carboxylic acid groups (broad SMARTS) is 1. The Labute approximate surface area is 259 Å². The van der Waals surface area contributed by atoms with Crippen LogP contribution in [0.15, 0.2) is 23.1 Å². The molecule has 13 heteroatoms. The van der Waals surface area contributed by atoms with Crippen molar-refractivity contribution in [1.82, 2.24) is 24.2 Å². The summed E-state index contributed by atoms with van der Waals surface area (Å²) in [7, 11) is -1.34. The number of anilines is 1. The fourth-order valence-electron chi connectivity index (χ4n) is 5.04. The van der Waals surface area contributed by atoms with Crippen molar-refractivity contribution in [3.8, 4) is 0 Å². The number of amides is 1. The summed E-state index contributed by atoms with van der Waals surface area (Å²) in [5.41, 5.74) is 2.80. The molecule has 1 N–H and O–H groups in total. The van der Waals surface area contributed by atoms with Crippen molar-refractivity contribution < 1.29 is 24.2 Å². The molecule has 1 amide bonds. The number of thioether (sulfide) groups is 1. The Morgan fingerprint density at radius 1 is 1.14 bits per heavy atom. The molecule has 0 bridgehead atoms. The molecule has 1 aliphatic heterocycles. The van der Waals surface area contributed by atoms with Gasteiger partial charge in [0.1, 0.15) is 12.4 Å². The third kappa shape index (κ3) is 8.47. The van der Waals surface area contributed by atoms with Crippen molar-refractivity contribution in [1.29, 1.82) is 0 Å². The van der Waals surface area contributed by atoms with E-state index in [1.807, 2.05) is 13.8 Å². The van der Waals surface area contributed by atoms with Crippen molar-refractivity contribution in [3.63, 3.8) is 0 Å². The van der Waals surface area contributed by atoms with Gasteiger partial charge >= 0.3 is 5.97 Å². The summed E-state index contributed by atoms with van der Waals surface area (Å²) in [5.74, 6) is -0.00662. The van der Waals surface area contributed by atoms with Gasteiger partial charge in [-0.05, 0) is 44.5 Å². The number of imidazole rings is 1. The molecule has 0 radical (unpaired) electrons. The molecule has 0 saturated carbocycles. The number of morpholine rings is 1. The van der Waals surface area contributed by atoms with Crippen LogP contribution in [0.3, 0.4) is 0 Å². The molecule has 0 unspecified atom stereocenters. The third-order valence-corrected chi connectivity index (χ3v) is 10.1. The largest absolute Gasteiger partial charge is 0.478 e. The van der Waals surface area contributed by atoms with Gasteiger partial charge < -0.3 is 19.1 Å².